The van der Waals surface area contributed by atoms with Gasteiger partial charge in [0.25, 0.3) is 0 Å². The molecule has 2 aromatic rings. The third kappa shape index (κ3) is 6.32. The number of unbranched alkanes of at least 4 members (excludes halogenated alkanes) is 1. The van der Waals surface area contributed by atoms with Crippen molar-refractivity contribution < 1.29 is 9.90 Å². The molecule has 0 unspecified atom stereocenters. The van der Waals surface area contributed by atoms with Crippen molar-refractivity contribution in [3.05, 3.63) is 48.0 Å². The zero-order valence-electron chi connectivity index (χ0n) is 15.3. The van der Waals surface area contributed by atoms with Crippen molar-refractivity contribution in [3.63, 3.8) is 0 Å². The van der Waals surface area contributed by atoms with E-state index in [2.05, 4.69) is 56.3 Å². The van der Waals surface area contributed by atoms with Crippen LogP contribution in [0.5, 0.6) is 0 Å². The highest BCUT2D eigenvalue weighted by molar-refractivity contribution is 5.85. The van der Waals surface area contributed by atoms with Gasteiger partial charge in [-0.1, -0.05) is 69.7 Å². The summed E-state index contributed by atoms with van der Waals surface area (Å²) < 4.78 is 0. The fourth-order valence-corrected chi connectivity index (χ4v) is 2.66. The predicted octanol–water partition coefficient (Wildman–Crippen LogP) is 4.42. The molecule has 3 nitrogen and oxygen atoms in total. The molecule has 0 aliphatic rings. The molecule has 0 heterocycles. The maximum atomic E-state index is 11.2. The number of aryl methyl sites for hydroxylation is 1. The molecule has 3 heteroatoms. The van der Waals surface area contributed by atoms with Crippen molar-refractivity contribution in [3.8, 4) is 0 Å². The highest BCUT2D eigenvalue weighted by atomic mass is 16.3. The summed E-state index contributed by atoms with van der Waals surface area (Å²) >= 11 is 0. The quantitative estimate of drug-likeness (QED) is 0.817. The number of hydrogen-bond donors (Lipinski definition) is 1. The van der Waals surface area contributed by atoms with Gasteiger partial charge in [0.1, 0.15) is 0 Å². The van der Waals surface area contributed by atoms with Crippen molar-refractivity contribution in [2.75, 3.05) is 19.7 Å². The van der Waals surface area contributed by atoms with E-state index >= 15 is 0 Å². The Labute approximate surface area is 146 Å². The molecule has 2 rings (SSSR count). The molecule has 1 amide bonds. The Morgan fingerprint density at radius 2 is 1.71 bits per heavy atom. The topological polar surface area (TPSA) is 40.5 Å². The number of fused-ring (bicyclic) bond motifs is 1. The third-order valence-corrected chi connectivity index (χ3v) is 4.07. The summed E-state index contributed by atoms with van der Waals surface area (Å²) in [7, 11) is 0. The number of hydrogen-bond acceptors (Lipinski definition) is 2. The van der Waals surface area contributed by atoms with Gasteiger partial charge in [0.2, 0.25) is 5.91 Å². The number of carbonyl (C=O) groups is 1. The maximum absolute atomic E-state index is 11.2. The van der Waals surface area contributed by atoms with Crippen LogP contribution in [-0.2, 0) is 11.2 Å². The van der Waals surface area contributed by atoms with Crippen LogP contribution in [0.1, 0.15) is 45.6 Å². The molecule has 24 heavy (non-hydrogen) atoms. The van der Waals surface area contributed by atoms with Crippen LogP contribution in [0.25, 0.3) is 10.8 Å². The Balaban J connectivity index is 0.000000240. The van der Waals surface area contributed by atoms with E-state index in [1.165, 1.54) is 16.3 Å². The average Bonchev–Trinajstić information content (AvgIpc) is 2.64. The fraction of sp³-hybridized carbons (Fsp3) is 0.476. The number of amides is 1. The smallest absolute Gasteiger partial charge is 0.222 e. The monoisotopic (exact) mass is 329 g/mol. The Morgan fingerprint density at radius 3 is 2.33 bits per heavy atom. The van der Waals surface area contributed by atoms with E-state index in [-0.39, 0.29) is 12.5 Å². The Bertz CT molecular complexity index is 604. The molecular weight excluding hydrogens is 298 g/mol. The number of aliphatic hydroxyl groups is 1. The molecule has 0 aliphatic heterocycles. The van der Waals surface area contributed by atoms with Gasteiger partial charge in [0, 0.05) is 19.5 Å². The largest absolute Gasteiger partial charge is 0.395 e. The summed E-state index contributed by atoms with van der Waals surface area (Å²) in [5.41, 5.74) is 1.44. The van der Waals surface area contributed by atoms with E-state index in [4.69, 9.17) is 5.11 Å². The number of rotatable bonds is 7. The van der Waals surface area contributed by atoms with Crippen LogP contribution in [-0.4, -0.2) is 35.6 Å². The first-order chi connectivity index (χ1) is 11.7. The van der Waals surface area contributed by atoms with Crippen molar-refractivity contribution >= 4 is 16.7 Å². The number of carbonyl (C=O) groups excluding carboxylic acids is 1. The van der Waals surface area contributed by atoms with Gasteiger partial charge < -0.3 is 10.0 Å². The first kappa shape index (κ1) is 20.2. The predicted molar refractivity (Wildman–Crippen MR) is 102 cm³/mol. The van der Waals surface area contributed by atoms with Gasteiger partial charge in [-0.2, -0.15) is 0 Å². The lowest BCUT2D eigenvalue weighted by Crippen LogP contribution is -2.33. The van der Waals surface area contributed by atoms with Crippen molar-refractivity contribution in [2.24, 2.45) is 0 Å². The summed E-state index contributed by atoms with van der Waals surface area (Å²) in [5, 5.41) is 11.4. The van der Waals surface area contributed by atoms with Crippen LogP contribution in [0.3, 0.4) is 0 Å². The van der Waals surface area contributed by atoms with Crippen molar-refractivity contribution in [1.82, 2.24) is 4.90 Å². The number of aliphatic hydroxyl groups excluding tert-OH is 1. The highest BCUT2D eigenvalue weighted by Gasteiger charge is 2.08. The summed E-state index contributed by atoms with van der Waals surface area (Å²) in [5.74, 6) is 0.137. The van der Waals surface area contributed by atoms with Gasteiger partial charge in [0.05, 0.1) is 6.61 Å². The van der Waals surface area contributed by atoms with Gasteiger partial charge >= 0.3 is 0 Å². The minimum atomic E-state index is 0.0649. The second-order valence-corrected chi connectivity index (χ2v) is 5.80. The second kappa shape index (κ2) is 11.6. The Kier molecular flexibility index (Phi) is 9.78. The molecule has 0 saturated carbocycles. The summed E-state index contributed by atoms with van der Waals surface area (Å²) in [6, 6.07) is 15.0. The lowest BCUT2D eigenvalue weighted by molar-refractivity contribution is -0.131. The average molecular weight is 329 g/mol. The highest BCUT2D eigenvalue weighted by Crippen LogP contribution is 2.18. The van der Waals surface area contributed by atoms with E-state index in [1.807, 2.05) is 6.92 Å². The van der Waals surface area contributed by atoms with E-state index in [9.17, 15) is 4.79 Å². The normalized spacial score (nSPS) is 10.2. The van der Waals surface area contributed by atoms with Crippen molar-refractivity contribution in [2.45, 2.75) is 46.5 Å². The lowest BCUT2D eigenvalue weighted by atomic mass is 10.0. The molecule has 0 saturated heterocycles. The molecule has 0 radical (unpaired) electrons. The van der Waals surface area contributed by atoms with Crippen LogP contribution in [0.4, 0.5) is 0 Å². The minimum Gasteiger partial charge on any atom is -0.395 e. The zero-order chi connectivity index (χ0) is 17.8. The lowest BCUT2D eigenvalue weighted by Gasteiger charge is -2.20. The van der Waals surface area contributed by atoms with Crippen LogP contribution >= 0.6 is 0 Å². The molecule has 0 atom stereocenters. The van der Waals surface area contributed by atoms with E-state index in [0.29, 0.717) is 13.0 Å². The summed E-state index contributed by atoms with van der Waals surface area (Å²) in [6.45, 7) is 7.46. The number of benzene rings is 2. The van der Waals surface area contributed by atoms with Gasteiger partial charge in [-0.25, -0.2) is 0 Å². The first-order valence-corrected chi connectivity index (χ1v) is 9.03. The molecule has 0 spiro atoms. The molecule has 132 valence electrons. The molecular formula is C21H31NO2. The van der Waals surface area contributed by atoms with Crippen LogP contribution in [0.2, 0.25) is 0 Å². The maximum Gasteiger partial charge on any atom is 0.222 e. The van der Waals surface area contributed by atoms with E-state index < -0.39 is 0 Å². The van der Waals surface area contributed by atoms with E-state index in [0.717, 1.165) is 25.8 Å². The zero-order valence-corrected chi connectivity index (χ0v) is 15.3. The molecule has 0 bridgehead atoms. The second-order valence-electron chi connectivity index (χ2n) is 5.80. The van der Waals surface area contributed by atoms with Crippen LogP contribution in [0.15, 0.2) is 42.5 Å². The number of nitrogens with zero attached hydrogens (tertiary/aromatic N) is 1. The Hall–Kier alpha value is -1.87. The third-order valence-electron chi connectivity index (χ3n) is 4.07. The summed E-state index contributed by atoms with van der Waals surface area (Å²) in [6.07, 6.45) is 3.75. The minimum absolute atomic E-state index is 0.0649. The van der Waals surface area contributed by atoms with Crippen LogP contribution < -0.4 is 0 Å². The first-order valence-electron chi connectivity index (χ1n) is 9.03. The van der Waals surface area contributed by atoms with Gasteiger partial charge in [-0.05, 0) is 29.2 Å². The molecule has 0 aliphatic carbocycles. The van der Waals surface area contributed by atoms with Gasteiger partial charge in [-0.15, -0.1) is 0 Å². The molecule has 0 fully saturated rings. The Morgan fingerprint density at radius 1 is 1.00 bits per heavy atom. The SMILES string of the molecule is CCCCN(CCO)C(=O)CC.CCc1cccc2ccccc12. The standard InChI is InChI=1S/C12H12.C9H19NO2/c1-2-10-7-5-8-11-6-3-4-9-12(10)11;1-3-5-6-10(7-8-11)9(12)4-2/h3-9H,2H2,1H3;11H,3-8H2,1-2H3. The fourth-order valence-electron chi connectivity index (χ4n) is 2.66. The van der Waals surface area contributed by atoms with E-state index in [1.54, 1.807) is 4.90 Å². The summed E-state index contributed by atoms with van der Waals surface area (Å²) in [4.78, 5) is 12.9. The van der Waals surface area contributed by atoms with Crippen molar-refractivity contribution in [1.29, 1.82) is 0 Å². The molecule has 2 aromatic carbocycles. The molecule has 0 aromatic heterocycles. The molecule has 1 N–H and O–H groups in total. The van der Waals surface area contributed by atoms with Crippen LogP contribution in [0, 0.1) is 0 Å². The van der Waals surface area contributed by atoms with Gasteiger partial charge in [-0.3, -0.25) is 4.79 Å². The van der Waals surface area contributed by atoms with Gasteiger partial charge in [0.15, 0.2) is 0 Å².